The van der Waals surface area contributed by atoms with Crippen LogP contribution in [0.1, 0.15) is 27.0 Å². The minimum atomic E-state index is -4.65. The summed E-state index contributed by atoms with van der Waals surface area (Å²) in [6, 6.07) is 9.43. The summed E-state index contributed by atoms with van der Waals surface area (Å²) in [6.45, 7) is 3.45. The van der Waals surface area contributed by atoms with Crippen molar-refractivity contribution in [3.05, 3.63) is 63.2 Å². The summed E-state index contributed by atoms with van der Waals surface area (Å²) >= 11 is 6.34. The average molecular weight is 529 g/mol. The van der Waals surface area contributed by atoms with E-state index in [1.165, 1.54) is 10.2 Å². The van der Waals surface area contributed by atoms with Gasteiger partial charge in [-0.05, 0) is 49.7 Å². The molecule has 1 atom stereocenters. The molecule has 1 unspecified atom stereocenters. The minimum absolute atomic E-state index is 0.00518. The van der Waals surface area contributed by atoms with Crippen LogP contribution in [-0.4, -0.2) is 30.7 Å². The summed E-state index contributed by atoms with van der Waals surface area (Å²) < 4.78 is 59.3. The molecule has 0 aliphatic rings. The number of nitrogens with one attached hydrogen (secondary N) is 1. The summed E-state index contributed by atoms with van der Waals surface area (Å²) in [7, 11) is -1.66. The van der Waals surface area contributed by atoms with Gasteiger partial charge in [-0.2, -0.15) is 23.1 Å². The van der Waals surface area contributed by atoms with Gasteiger partial charge in [-0.1, -0.05) is 17.7 Å². The van der Waals surface area contributed by atoms with Crippen LogP contribution >= 0.6 is 22.9 Å². The number of thiophene rings is 1. The first-order valence-corrected chi connectivity index (χ1v) is 12.1. The molecule has 1 aromatic carbocycles. The highest BCUT2D eigenvalue weighted by atomic mass is 35.5. The first kappa shape index (κ1) is 24.2. The van der Waals surface area contributed by atoms with Crippen molar-refractivity contribution in [3.63, 3.8) is 0 Å². The topological polar surface area (TPSA) is 86.1 Å². The molecule has 0 saturated carbocycles. The molecule has 0 saturated heterocycles. The van der Waals surface area contributed by atoms with Crippen molar-refractivity contribution < 1.29 is 26.9 Å². The van der Waals surface area contributed by atoms with Gasteiger partial charge in [0.05, 0.1) is 22.6 Å². The van der Waals surface area contributed by atoms with Crippen molar-refractivity contribution >= 4 is 62.4 Å². The Kier molecular flexibility index (Phi) is 6.65. The third kappa shape index (κ3) is 4.79. The number of halogens is 4. The lowest BCUT2D eigenvalue weighted by molar-refractivity contribution is -0.134. The van der Waals surface area contributed by atoms with E-state index in [-0.39, 0.29) is 45.3 Å². The quantitative estimate of drug-likeness (QED) is 0.245. The van der Waals surface area contributed by atoms with E-state index in [1.54, 1.807) is 25.1 Å². The number of benzene rings is 1. The number of anilines is 2. The smallest absolute Gasteiger partial charge is 0.425 e. The number of hydrogen-bond donors (Lipinski definition) is 1. The molecule has 4 rings (SSSR count). The van der Waals surface area contributed by atoms with Crippen molar-refractivity contribution in [1.29, 1.82) is 0 Å². The van der Waals surface area contributed by atoms with E-state index in [1.807, 2.05) is 19.1 Å². The summed E-state index contributed by atoms with van der Waals surface area (Å²) in [5.41, 5.74) is 1.06. The molecular weight excluding hydrogens is 513 g/mol. The Balaban J connectivity index is 1.78. The summed E-state index contributed by atoms with van der Waals surface area (Å²) in [5.74, 6) is -0.855. The first-order valence-electron chi connectivity index (χ1n) is 9.77. The number of fused-ring (bicyclic) bond motifs is 1. The maximum atomic E-state index is 13.3. The van der Waals surface area contributed by atoms with E-state index in [4.69, 9.17) is 16.3 Å². The highest BCUT2D eigenvalue weighted by Crippen LogP contribution is 2.41. The fourth-order valence-electron chi connectivity index (χ4n) is 3.06. The third-order valence-corrected chi connectivity index (χ3v) is 7.27. The minimum Gasteiger partial charge on any atom is -0.462 e. The molecular formula is C21H16ClF3N4O3S2. The molecule has 34 heavy (non-hydrogen) atoms. The maximum absolute atomic E-state index is 13.3. The van der Waals surface area contributed by atoms with Crippen LogP contribution in [0.15, 0.2) is 47.5 Å². The Morgan fingerprint density at radius 2 is 1.94 bits per heavy atom. The molecule has 0 amide bonds. The van der Waals surface area contributed by atoms with Crippen LogP contribution in [0.5, 0.6) is 0 Å². The summed E-state index contributed by atoms with van der Waals surface area (Å²) in [5, 5.41) is 2.87. The molecule has 7 nitrogen and oxygen atoms in total. The highest BCUT2D eigenvalue weighted by molar-refractivity contribution is 7.83. The highest BCUT2D eigenvalue weighted by Gasteiger charge is 2.35. The fourth-order valence-corrected chi connectivity index (χ4v) is 5.16. The van der Waals surface area contributed by atoms with Gasteiger partial charge in [0.15, 0.2) is 16.6 Å². The molecule has 178 valence electrons. The molecule has 3 aromatic heterocycles. The molecule has 13 heteroatoms. The van der Waals surface area contributed by atoms with Gasteiger partial charge in [0.25, 0.3) is 0 Å². The van der Waals surface area contributed by atoms with Crippen LogP contribution in [0.25, 0.3) is 11.0 Å². The second-order valence-corrected chi connectivity index (χ2v) is 9.73. The Hall–Kier alpha value is -2.96. The van der Waals surface area contributed by atoms with Crippen LogP contribution in [0.2, 0.25) is 5.28 Å². The molecule has 0 radical (unpaired) electrons. The summed E-state index contributed by atoms with van der Waals surface area (Å²) in [4.78, 5) is 19.8. The van der Waals surface area contributed by atoms with E-state index < -0.39 is 28.0 Å². The lowest BCUT2D eigenvalue weighted by Crippen LogP contribution is -2.07. The zero-order chi connectivity index (χ0) is 24.6. The number of rotatable bonds is 6. The van der Waals surface area contributed by atoms with Gasteiger partial charge in [0.2, 0.25) is 5.28 Å². The van der Waals surface area contributed by atoms with E-state index in [0.29, 0.717) is 10.3 Å². The van der Waals surface area contributed by atoms with Crippen molar-refractivity contribution in [2.75, 3.05) is 11.9 Å². The van der Waals surface area contributed by atoms with Gasteiger partial charge in [-0.3, -0.25) is 0 Å². The van der Waals surface area contributed by atoms with Crippen LogP contribution in [0.4, 0.5) is 24.7 Å². The monoisotopic (exact) mass is 528 g/mol. The average Bonchev–Trinajstić information content (AvgIpc) is 3.38. The van der Waals surface area contributed by atoms with Crippen LogP contribution in [0.3, 0.4) is 0 Å². The number of nitrogens with zero attached hydrogens (tertiary/aromatic N) is 3. The zero-order valence-corrected chi connectivity index (χ0v) is 20.0. The lowest BCUT2D eigenvalue weighted by Gasteiger charge is -2.09. The van der Waals surface area contributed by atoms with E-state index in [2.05, 4.69) is 15.3 Å². The molecule has 0 aliphatic heterocycles. The number of aryl methyl sites for hydroxylation is 1. The predicted octanol–water partition coefficient (Wildman–Crippen LogP) is 5.96. The van der Waals surface area contributed by atoms with E-state index in [9.17, 15) is 22.2 Å². The van der Waals surface area contributed by atoms with Crippen molar-refractivity contribution in [1.82, 2.24) is 13.9 Å². The van der Waals surface area contributed by atoms with Crippen LogP contribution < -0.4 is 5.32 Å². The standard InChI is InChI=1S/C21H16ClF3N4O3S2/c1-3-32-19(30)16-14(10-15(33-16)21(23,24)25)26-17-13-8-9-29(18(13)28-20(22)27-17)34(31)12-6-4-11(2)5-7-12/h4-10H,3H2,1-2H3,(H,26,27,28). The lowest BCUT2D eigenvalue weighted by atomic mass is 10.2. The van der Waals surface area contributed by atoms with E-state index >= 15 is 0 Å². The Morgan fingerprint density at radius 3 is 2.59 bits per heavy atom. The van der Waals surface area contributed by atoms with Crippen molar-refractivity contribution in [2.45, 2.75) is 24.9 Å². The van der Waals surface area contributed by atoms with Crippen LogP contribution in [-0.2, 0) is 21.9 Å². The number of aromatic nitrogens is 3. The predicted molar refractivity (Wildman–Crippen MR) is 124 cm³/mol. The number of hydrogen-bond acceptors (Lipinski definition) is 7. The molecule has 0 aliphatic carbocycles. The number of carbonyl (C=O) groups is 1. The van der Waals surface area contributed by atoms with Gasteiger partial charge >= 0.3 is 12.1 Å². The zero-order valence-electron chi connectivity index (χ0n) is 17.6. The van der Waals surface area contributed by atoms with Gasteiger partial charge in [0.1, 0.15) is 15.6 Å². The molecule has 0 fully saturated rings. The van der Waals surface area contributed by atoms with Gasteiger partial charge < -0.3 is 10.1 Å². The van der Waals surface area contributed by atoms with Crippen LogP contribution in [0, 0.1) is 6.92 Å². The number of ether oxygens (including phenoxy) is 1. The second-order valence-electron chi connectivity index (χ2n) is 6.98. The normalized spacial score (nSPS) is 12.6. The van der Waals surface area contributed by atoms with Gasteiger partial charge in [0, 0.05) is 6.20 Å². The maximum Gasteiger partial charge on any atom is 0.425 e. The first-order chi connectivity index (χ1) is 16.1. The van der Waals surface area contributed by atoms with Crippen molar-refractivity contribution in [3.8, 4) is 0 Å². The number of esters is 1. The van der Waals surface area contributed by atoms with Gasteiger partial charge in [-0.15, -0.1) is 11.3 Å². The molecule has 0 spiro atoms. The molecule has 3 heterocycles. The number of carbonyl (C=O) groups excluding carboxylic acids is 1. The second kappa shape index (κ2) is 9.35. The Labute approximate surface area is 203 Å². The van der Waals surface area contributed by atoms with E-state index in [0.717, 1.165) is 11.6 Å². The molecule has 0 bridgehead atoms. The van der Waals surface area contributed by atoms with Crippen molar-refractivity contribution in [2.24, 2.45) is 0 Å². The van der Waals surface area contributed by atoms with Gasteiger partial charge in [-0.25, -0.2) is 13.0 Å². The largest absolute Gasteiger partial charge is 0.462 e. The number of alkyl halides is 3. The Bertz CT molecular complexity index is 1400. The molecule has 1 N–H and O–H groups in total. The summed E-state index contributed by atoms with van der Waals surface area (Å²) in [6.07, 6.45) is -3.14. The third-order valence-electron chi connectivity index (χ3n) is 4.61. The Morgan fingerprint density at radius 1 is 1.24 bits per heavy atom. The fraction of sp³-hybridized carbons (Fsp3) is 0.190. The molecule has 4 aromatic rings. The SMILES string of the molecule is CCOC(=O)c1sc(C(F)(F)F)cc1Nc1nc(Cl)nc2c1ccn2S(=O)c1ccc(C)cc1.